The predicted molar refractivity (Wildman–Crippen MR) is 122 cm³/mol. The number of aromatic nitrogens is 1. The number of ether oxygens (including phenoxy) is 1. The van der Waals surface area contributed by atoms with Crippen LogP contribution in [0.15, 0.2) is 36.4 Å². The fraction of sp³-hybridized carbons (Fsp3) is 0.333. The van der Waals surface area contributed by atoms with E-state index in [4.69, 9.17) is 27.9 Å². The molecule has 0 bridgehead atoms. The van der Waals surface area contributed by atoms with Crippen molar-refractivity contribution >= 4 is 55.8 Å². The van der Waals surface area contributed by atoms with Gasteiger partial charge >= 0.3 is 0 Å². The van der Waals surface area contributed by atoms with Gasteiger partial charge < -0.3 is 9.64 Å². The van der Waals surface area contributed by atoms with Crippen LogP contribution in [0.5, 0.6) is 5.75 Å². The van der Waals surface area contributed by atoms with Gasteiger partial charge in [-0.3, -0.25) is 9.69 Å². The van der Waals surface area contributed by atoms with Crippen molar-refractivity contribution in [3.63, 3.8) is 0 Å². The molecule has 0 saturated carbocycles. The fourth-order valence-corrected chi connectivity index (χ4v) is 4.39. The summed E-state index contributed by atoms with van der Waals surface area (Å²) in [5.74, 6) is 0.267. The Morgan fingerprint density at radius 3 is 2.66 bits per heavy atom. The van der Waals surface area contributed by atoms with E-state index in [0.29, 0.717) is 27.5 Å². The van der Waals surface area contributed by atoms with E-state index in [2.05, 4.69) is 16.0 Å². The minimum absolute atomic E-state index is 0.127. The summed E-state index contributed by atoms with van der Waals surface area (Å²) in [5.41, 5.74) is 2.06. The highest BCUT2D eigenvalue weighted by Crippen LogP contribution is 2.31. The largest absolute Gasteiger partial charge is 0.482 e. The molecule has 0 aliphatic rings. The summed E-state index contributed by atoms with van der Waals surface area (Å²) < 4.78 is 6.72. The molecule has 2 aromatic carbocycles. The highest BCUT2D eigenvalue weighted by Gasteiger charge is 2.20. The standard InChI is InChI=1S/C21H23Cl2N3O2S/c1-14-5-7-17-19(11-14)29-21(24-17)26(10-4-9-25(2)3)20(27)13-28-18-8-6-15(22)12-16(18)23/h5-8,11-12H,4,9-10,13H2,1-3H3. The van der Waals surface area contributed by atoms with Crippen LogP contribution < -0.4 is 9.64 Å². The van der Waals surface area contributed by atoms with E-state index in [0.717, 1.165) is 23.2 Å². The number of carbonyl (C=O) groups is 1. The highest BCUT2D eigenvalue weighted by atomic mass is 35.5. The van der Waals surface area contributed by atoms with Gasteiger partial charge in [-0.15, -0.1) is 0 Å². The van der Waals surface area contributed by atoms with Crippen LogP contribution in [0.1, 0.15) is 12.0 Å². The molecule has 0 aliphatic heterocycles. The zero-order chi connectivity index (χ0) is 21.0. The summed E-state index contributed by atoms with van der Waals surface area (Å²) in [6, 6.07) is 11.0. The Morgan fingerprint density at radius 2 is 1.93 bits per heavy atom. The van der Waals surface area contributed by atoms with Crippen LogP contribution in [0, 0.1) is 6.92 Å². The molecule has 0 radical (unpaired) electrons. The highest BCUT2D eigenvalue weighted by molar-refractivity contribution is 7.22. The van der Waals surface area contributed by atoms with Gasteiger partial charge in [-0.25, -0.2) is 4.98 Å². The summed E-state index contributed by atoms with van der Waals surface area (Å²) in [6.07, 6.45) is 0.829. The van der Waals surface area contributed by atoms with Gasteiger partial charge in [0, 0.05) is 11.6 Å². The number of hydrogen-bond acceptors (Lipinski definition) is 5. The van der Waals surface area contributed by atoms with E-state index < -0.39 is 0 Å². The van der Waals surface area contributed by atoms with Crippen molar-refractivity contribution in [1.29, 1.82) is 0 Å². The fourth-order valence-electron chi connectivity index (χ4n) is 2.82. The van der Waals surface area contributed by atoms with Crippen LogP contribution in [0.25, 0.3) is 10.2 Å². The molecule has 29 heavy (non-hydrogen) atoms. The molecule has 0 N–H and O–H groups in total. The Labute approximate surface area is 184 Å². The lowest BCUT2D eigenvalue weighted by Crippen LogP contribution is -2.36. The number of halogens is 2. The van der Waals surface area contributed by atoms with Crippen LogP contribution in [-0.2, 0) is 4.79 Å². The van der Waals surface area contributed by atoms with Crippen LogP contribution in [0.2, 0.25) is 10.0 Å². The SMILES string of the molecule is Cc1ccc2nc(N(CCCN(C)C)C(=O)COc3ccc(Cl)cc3Cl)sc2c1. The van der Waals surface area contributed by atoms with Gasteiger partial charge in [0.2, 0.25) is 0 Å². The smallest absolute Gasteiger partial charge is 0.266 e. The Bertz CT molecular complexity index is 1010. The molecule has 0 spiro atoms. The second-order valence-electron chi connectivity index (χ2n) is 7.03. The van der Waals surface area contributed by atoms with Crippen molar-refractivity contribution in [2.24, 2.45) is 0 Å². The maximum Gasteiger partial charge on any atom is 0.266 e. The first-order valence-corrected chi connectivity index (χ1v) is 10.8. The van der Waals surface area contributed by atoms with Gasteiger partial charge in [0.15, 0.2) is 11.7 Å². The monoisotopic (exact) mass is 451 g/mol. The van der Waals surface area contributed by atoms with Crippen molar-refractivity contribution in [2.75, 3.05) is 38.7 Å². The van der Waals surface area contributed by atoms with Gasteiger partial charge in [-0.2, -0.15) is 0 Å². The molecular weight excluding hydrogens is 429 g/mol. The maximum atomic E-state index is 13.0. The molecule has 1 aromatic heterocycles. The first kappa shape index (κ1) is 21.8. The third-order valence-corrected chi connectivity index (χ3v) is 5.87. The molecule has 1 amide bonds. The van der Waals surface area contributed by atoms with Crippen LogP contribution in [0.4, 0.5) is 5.13 Å². The minimum atomic E-state index is -0.162. The van der Waals surface area contributed by atoms with Crippen molar-refractivity contribution in [1.82, 2.24) is 9.88 Å². The molecule has 154 valence electrons. The number of anilines is 1. The van der Waals surface area contributed by atoms with Crippen LogP contribution >= 0.6 is 34.5 Å². The number of amides is 1. The normalized spacial score (nSPS) is 11.2. The summed E-state index contributed by atoms with van der Waals surface area (Å²) in [5, 5.41) is 1.57. The first-order valence-electron chi connectivity index (χ1n) is 9.23. The van der Waals surface area contributed by atoms with Crippen molar-refractivity contribution < 1.29 is 9.53 Å². The van der Waals surface area contributed by atoms with Gasteiger partial charge in [0.05, 0.1) is 15.2 Å². The summed E-state index contributed by atoms with van der Waals surface area (Å²) in [7, 11) is 4.02. The number of rotatable bonds is 8. The zero-order valence-corrected chi connectivity index (χ0v) is 18.9. The molecule has 8 heteroatoms. The molecule has 0 unspecified atom stereocenters. The number of nitrogens with zero attached hydrogens (tertiary/aromatic N) is 3. The first-order chi connectivity index (χ1) is 13.8. The summed E-state index contributed by atoms with van der Waals surface area (Å²) in [6.45, 7) is 3.35. The molecular formula is C21H23Cl2N3O2S. The molecule has 0 aliphatic carbocycles. The second-order valence-corrected chi connectivity index (χ2v) is 8.89. The zero-order valence-electron chi connectivity index (χ0n) is 16.6. The minimum Gasteiger partial charge on any atom is -0.482 e. The molecule has 0 saturated heterocycles. The molecule has 1 heterocycles. The van der Waals surface area contributed by atoms with Gasteiger partial charge in [-0.05, 0) is 69.9 Å². The Balaban J connectivity index is 1.78. The number of hydrogen-bond donors (Lipinski definition) is 0. The van der Waals surface area contributed by atoms with E-state index in [-0.39, 0.29) is 12.5 Å². The molecule has 0 fully saturated rings. The van der Waals surface area contributed by atoms with E-state index in [9.17, 15) is 4.79 Å². The average Bonchev–Trinajstić information content (AvgIpc) is 3.06. The Kier molecular flexibility index (Phi) is 7.35. The third kappa shape index (κ3) is 5.82. The molecule has 3 aromatic rings. The van der Waals surface area contributed by atoms with Crippen LogP contribution in [0.3, 0.4) is 0 Å². The van der Waals surface area contributed by atoms with E-state index >= 15 is 0 Å². The van der Waals surface area contributed by atoms with Crippen LogP contribution in [-0.4, -0.2) is 49.6 Å². The second kappa shape index (κ2) is 9.76. The number of fused-ring (bicyclic) bond motifs is 1. The molecule has 5 nitrogen and oxygen atoms in total. The quantitative estimate of drug-likeness (QED) is 0.467. The maximum absolute atomic E-state index is 13.0. The van der Waals surface area contributed by atoms with Crippen molar-refractivity contribution in [2.45, 2.75) is 13.3 Å². The number of thiazole rings is 1. The number of benzene rings is 2. The summed E-state index contributed by atoms with van der Waals surface area (Å²) >= 11 is 13.6. The van der Waals surface area contributed by atoms with Gasteiger partial charge in [0.25, 0.3) is 5.91 Å². The number of aryl methyl sites for hydroxylation is 1. The topological polar surface area (TPSA) is 45.7 Å². The van der Waals surface area contributed by atoms with Gasteiger partial charge in [-0.1, -0.05) is 40.6 Å². The van der Waals surface area contributed by atoms with E-state index in [1.165, 1.54) is 16.9 Å². The Morgan fingerprint density at radius 1 is 1.14 bits per heavy atom. The average molecular weight is 452 g/mol. The molecule has 3 rings (SSSR count). The van der Waals surface area contributed by atoms with E-state index in [1.807, 2.05) is 33.2 Å². The number of carbonyl (C=O) groups excluding carboxylic acids is 1. The lowest BCUT2D eigenvalue weighted by molar-refractivity contribution is -0.120. The third-order valence-electron chi connectivity index (χ3n) is 4.30. The lowest BCUT2D eigenvalue weighted by atomic mass is 10.2. The summed E-state index contributed by atoms with van der Waals surface area (Å²) in [4.78, 5) is 21.5. The Hall–Kier alpha value is -1.86. The van der Waals surface area contributed by atoms with Crippen molar-refractivity contribution in [3.8, 4) is 5.75 Å². The lowest BCUT2D eigenvalue weighted by Gasteiger charge is -2.21. The molecule has 0 atom stereocenters. The van der Waals surface area contributed by atoms with E-state index in [1.54, 1.807) is 23.1 Å². The van der Waals surface area contributed by atoms with Gasteiger partial charge in [0.1, 0.15) is 5.75 Å². The predicted octanol–water partition coefficient (Wildman–Crippen LogP) is 5.28. The van der Waals surface area contributed by atoms with Crippen molar-refractivity contribution in [3.05, 3.63) is 52.0 Å².